The van der Waals surface area contributed by atoms with Crippen molar-refractivity contribution in [2.75, 3.05) is 27.9 Å². The molecular weight excluding hydrogens is 358 g/mol. The summed E-state index contributed by atoms with van der Waals surface area (Å²) in [6, 6.07) is 11.1. The van der Waals surface area contributed by atoms with E-state index in [0.29, 0.717) is 29.4 Å². The Morgan fingerprint density at radius 2 is 1.71 bits per heavy atom. The lowest BCUT2D eigenvalue weighted by atomic mass is 10.1. The van der Waals surface area contributed by atoms with Crippen LogP contribution in [0.15, 0.2) is 48.4 Å². The molecule has 0 radical (unpaired) electrons. The lowest BCUT2D eigenvalue weighted by Gasteiger charge is -2.14. The Morgan fingerprint density at radius 1 is 1.04 bits per heavy atom. The Labute approximate surface area is 163 Å². The maximum Gasteiger partial charge on any atom is 0.227 e. The van der Waals surface area contributed by atoms with E-state index in [1.807, 2.05) is 37.4 Å². The van der Waals surface area contributed by atoms with Gasteiger partial charge in [-0.1, -0.05) is 18.2 Å². The fourth-order valence-electron chi connectivity index (χ4n) is 3.04. The number of carbonyl (C=O) groups excluding carboxylic acids is 1. The molecule has 0 aliphatic carbocycles. The van der Waals surface area contributed by atoms with Crippen molar-refractivity contribution >= 4 is 22.8 Å². The fraction of sp³-hybridized carbons (Fsp3) is 0.227. The standard InChI is InChI=1S/C22H23NO5/c1-5-28-18(12-15-13-23-17-9-7-6-8-16(15)17)21(24)14-10-19(25-2)22(27-4)20(11-14)26-3/h6-13,23H,5H2,1-4H3/b18-12-. The van der Waals surface area contributed by atoms with Crippen LogP contribution in [0.3, 0.4) is 0 Å². The molecule has 0 saturated heterocycles. The maximum atomic E-state index is 13.2. The Kier molecular flexibility index (Phi) is 5.89. The van der Waals surface area contributed by atoms with Crippen LogP contribution in [-0.2, 0) is 4.74 Å². The molecule has 0 aliphatic heterocycles. The van der Waals surface area contributed by atoms with Gasteiger partial charge in [0.15, 0.2) is 17.3 Å². The number of benzene rings is 2. The summed E-state index contributed by atoms with van der Waals surface area (Å²) in [6.45, 7) is 2.20. The van der Waals surface area contributed by atoms with Crippen LogP contribution in [0.25, 0.3) is 17.0 Å². The van der Waals surface area contributed by atoms with Crippen molar-refractivity contribution in [2.24, 2.45) is 0 Å². The van der Waals surface area contributed by atoms with Crippen LogP contribution >= 0.6 is 0 Å². The number of carbonyl (C=O) groups is 1. The van der Waals surface area contributed by atoms with Crippen molar-refractivity contribution in [3.8, 4) is 17.2 Å². The van der Waals surface area contributed by atoms with E-state index in [9.17, 15) is 4.79 Å². The minimum absolute atomic E-state index is 0.238. The molecule has 0 bridgehead atoms. The Balaban J connectivity index is 2.06. The van der Waals surface area contributed by atoms with Crippen molar-refractivity contribution in [3.05, 3.63) is 59.5 Å². The first-order valence-corrected chi connectivity index (χ1v) is 8.88. The molecule has 1 N–H and O–H groups in total. The first-order valence-electron chi connectivity index (χ1n) is 8.88. The summed E-state index contributed by atoms with van der Waals surface area (Å²) in [5.41, 5.74) is 2.25. The quantitative estimate of drug-likeness (QED) is 0.355. The summed E-state index contributed by atoms with van der Waals surface area (Å²) < 4.78 is 21.7. The molecule has 1 aromatic heterocycles. The molecule has 2 aromatic carbocycles. The van der Waals surface area contributed by atoms with Crippen LogP contribution in [0.5, 0.6) is 17.2 Å². The number of hydrogen-bond acceptors (Lipinski definition) is 5. The van der Waals surface area contributed by atoms with E-state index in [1.54, 1.807) is 18.2 Å². The van der Waals surface area contributed by atoms with Crippen LogP contribution in [0.1, 0.15) is 22.8 Å². The van der Waals surface area contributed by atoms with Gasteiger partial charge in [-0.05, 0) is 31.2 Å². The number of ketones is 1. The number of hydrogen-bond donors (Lipinski definition) is 1. The highest BCUT2D eigenvalue weighted by Gasteiger charge is 2.21. The molecule has 6 nitrogen and oxygen atoms in total. The topological polar surface area (TPSA) is 69.8 Å². The highest BCUT2D eigenvalue weighted by atomic mass is 16.5. The molecule has 1 heterocycles. The third-order valence-electron chi connectivity index (χ3n) is 4.36. The number of nitrogens with one attached hydrogen (secondary N) is 1. The van der Waals surface area contributed by atoms with Gasteiger partial charge in [-0.2, -0.15) is 0 Å². The second kappa shape index (κ2) is 8.52. The average molecular weight is 381 g/mol. The highest BCUT2D eigenvalue weighted by molar-refractivity contribution is 6.11. The number of para-hydroxylation sites is 1. The van der Waals surface area contributed by atoms with Gasteiger partial charge >= 0.3 is 0 Å². The number of H-pyrrole nitrogens is 1. The van der Waals surface area contributed by atoms with Gasteiger partial charge in [-0.15, -0.1) is 0 Å². The zero-order valence-corrected chi connectivity index (χ0v) is 16.4. The molecule has 28 heavy (non-hydrogen) atoms. The zero-order valence-electron chi connectivity index (χ0n) is 16.4. The fourth-order valence-corrected chi connectivity index (χ4v) is 3.04. The van der Waals surface area contributed by atoms with Crippen LogP contribution in [0, 0.1) is 0 Å². The van der Waals surface area contributed by atoms with Gasteiger partial charge in [0.1, 0.15) is 0 Å². The second-order valence-electron chi connectivity index (χ2n) is 5.97. The minimum Gasteiger partial charge on any atom is -0.493 e. The highest BCUT2D eigenvalue weighted by Crippen LogP contribution is 2.39. The van der Waals surface area contributed by atoms with Crippen molar-refractivity contribution in [1.29, 1.82) is 0 Å². The third-order valence-corrected chi connectivity index (χ3v) is 4.36. The smallest absolute Gasteiger partial charge is 0.227 e. The van der Waals surface area contributed by atoms with E-state index in [0.717, 1.165) is 16.5 Å². The summed E-state index contributed by atoms with van der Waals surface area (Å²) in [7, 11) is 4.54. The lowest BCUT2D eigenvalue weighted by molar-refractivity contribution is 0.0930. The first-order chi connectivity index (χ1) is 13.6. The van der Waals surface area contributed by atoms with E-state index < -0.39 is 0 Å². The number of Topliss-reactive ketones (excluding diaryl/α,β-unsaturated/α-hetero) is 1. The maximum absolute atomic E-state index is 13.2. The van der Waals surface area contributed by atoms with Crippen LogP contribution in [0.2, 0.25) is 0 Å². The Morgan fingerprint density at radius 3 is 2.32 bits per heavy atom. The Bertz CT molecular complexity index is 994. The molecule has 0 atom stereocenters. The van der Waals surface area contributed by atoms with E-state index in [2.05, 4.69) is 4.98 Å². The number of allylic oxidation sites excluding steroid dienone is 1. The Hall–Kier alpha value is -3.41. The van der Waals surface area contributed by atoms with E-state index >= 15 is 0 Å². The van der Waals surface area contributed by atoms with Gasteiger partial charge in [0.05, 0.1) is 27.9 Å². The molecule has 0 aliphatic rings. The molecule has 3 aromatic rings. The predicted octanol–water partition coefficient (Wildman–Crippen LogP) is 4.45. The average Bonchev–Trinajstić information content (AvgIpc) is 3.14. The van der Waals surface area contributed by atoms with Crippen molar-refractivity contribution in [1.82, 2.24) is 4.98 Å². The zero-order chi connectivity index (χ0) is 20.1. The van der Waals surface area contributed by atoms with Gasteiger partial charge in [0.25, 0.3) is 0 Å². The number of aromatic amines is 1. The second-order valence-corrected chi connectivity index (χ2v) is 5.97. The summed E-state index contributed by atoms with van der Waals surface area (Å²) in [5, 5.41) is 1.01. The molecule has 0 unspecified atom stereocenters. The van der Waals surface area contributed by atoms with Crippen molar-refractivity contribution in [2.45, 2.75) is 6.92 Å². The van der Waals surface area contributed by atoms with Crippen molar-refractivity contribution in [3.63, 3.8) is 0 Å². The number of fused-ring (bicyclic) bond motifs is 1. The molecular formula is C22H23NO5. The number of methoxy groups -OCH3 is 3. The van der Waals surface area contributed by atoms with Gasteiger partial charge in [0, 0.05) is 28.2 Å². The normalized spacial score (nSPS) is 11.4. The molecule has 3 rings (SSSR count). The van der Waals surface area contributed by atoms with Crippen LogP contribution < -0.4 is 14.2 Å². The number of rotatable bonds is 8. The van der Waals surface area contributed by atoms with Crippen LogP contribution in [-0.4, -0.2) is 38.7 Å². The number of ether oxygens (including phenoxy) is 4. The van der Waals surface area contributed by atoms with E-state index in [4.69, 9.17) is 18.9 Å². The minimum atomic E-state index is -0.272. The summed E-state index contributed by atoms with van der Waals surface area (Å²) in [5.74, 6) is 1.22. The summed E-state index contributed by atoms with van der Waals surface area (Å²) in [6.07, 6.45) is 3.60. The molecule has 0 spiro atoms. The molecule has 6 heteroatoms. The first kappa shape index (κ1) is 19.4. The molecule has 0 amide bonds. The SMILES string of the molecule is CCO/C(=C\c1c[nH]c2ccccc12)C(=O)c1cc(OC)c(OC)c(OC)c1. The molecule has 0 saturated carbocycles. The van der Waals surface area contributed by atoms with Gasteiger partial charge < -0.3 is 23.9 Å². The summed E-state index contributed by atoms with van der Waals surface area (Å²) in [4.78, 5) is 16.4. The predicted molar refractivity (Wildman–Crippen MR) is 108 cm³/mol. The van der Waals surface area contributed by atoms with Gasteiger partial charge in [-0.25, -0.2) is 0 Å². The van der Waals surface area contributed by atoms with Crippen molar-refractivity contribution < 1.29 is 23.7 Å². The third kappa shape index (κ3) is 3.67. The molecule has 0 fully saturated rings. The van der Waals surface area contributed by atoms with Crippen LogP contribution in [0.4, 0.5) is 0 Å². The van der Waals surface area contributed by atoms with E-state index in [-0.39, 0.29) is 11.5 Å². The lowest BCUT2D eigenvalue weighted by Crippen LogP contribution is -2.08. The number of aromatic nitrogens is 1. The van der Waals surface area contributed by atoms with E-state index in [1.165, 1.54) is 21.3 Å². The van der Waals surface area contributed by atoms with Gasteiger partial charge in [0.2, 0.25) is 11.5 Å². The molecule has 146 valence electrons. The largest absolute Gasteiger partial charge is 0.493 e. The van der Waals surface area contributed by atoms with Gasteiger partial charge in [-0.3, -0.25) is 4.79 Å². The monoisotopic (exact) mass is 381 g/mol. The summed E-state index contributed by atoms with van der Waals surface area (Å²) >= 11 is 0.